The van der Waals surface area contributed by atoms with Crippen molar-refractivity contribution in [2.24, 2.45) is 0 Å². The Labute approximate surface area is 327 Å². The summed E-state index contributed by atoms with van der Waals surface area (Å²) in [5, 5.41) is 40.7. The maximum atomic E-state index is 13.7. The maximum Gasteiger partial charge on any atom is 0.339 e. The van der Waals surface area contributed by atoms with Gasteiger partial charge in [0, 0.05) is 6.07 Å². The zero-order valence-electron chi connectivity index (χ0n) is 30.6. The number of ether oxygens (including phenoxy) is 7. The molecule has 1 saturated heterocycles. The number of fused-ring (bicyclic) bond motifs is 1. The summed E-state index contributed by atoms with van der Waals surface area (Å²) in [6.07, 6.45) is -9.28. The van der Waals surface area contributed by atoms with Crippen LogP contribution < -0.4 is 14.2 Å². The third-order valence-electron chi connectivity index (χ3n) is 9.17. The maximum absolute atomic E-state index is 13.7. The molecule has 4 N–H and O–H groups in total. The second kappa shape index (κ2) is 19.3. The van der Waals surface area contributed by atoms with Gasteiger partial charge >= 0.3 is 17.9 Å². The van der Waals surface area contributed by atoms with Crippen LogP contribution in [0.5, 0.6) is 17.2 Å². The van der Waals surface area contributed by atoms with Gasteiger partial charge in [0.25, 0.3) is 0 Å². The quantitative estimate of drug-likeness (QED) is 0.0947. The number of aliphatic hydroxyl groups is 4. The Morgan fingerprint density at radius 1 is 0.702 bits per heavy atom. The molecule has 15 heteroatoms. The summed E-state index contributed by atoms with van der Waals surface area (Å²) >= 11 is 0. The lowest BCUT2D eigenvalue weighted by molar-refractivity contribution is -0.277. The van der Waals surface area contributed by atoms with Crippen LogP contribution in [0.2, 0.25) is 0 Å². The van der Waals surface area contributed by atoms with Crippen LogP contribution in [0.25, 0.3) is 0 Å². The minimum absolute atomic E-state index is 0.0300. The molecule has 1 fully saturated rings. The third kappa shape index (κ3) is 10.7. The van der Waals surface area contributed by atoms with E-state index in [1.807, 2.05) is 36.4 Å². The van der Waals surface area contributed by atoms with Crippen LogP contribution in [0.4, 0.5) is 0 Å². The van der Waals surface area contributed by atoms with Gasteiger partial charge in [-0.1, -0.05) is 72.8 Å². The van der Waals surface area contributed by atoms with Crippen LogP contribution in [0.15, 0.2) is 97.1 Å². The third-order valence-corrected chi connectivity index (χ3v) is 9.17. The monoisotopic (exact) mass is 786 g/mol. The first-order chi connectivity index (χ1) is 27.6. The van der Waals surface area contributed by atoms with Gasteiger partial charge in [-0.05, 0) is 34.9 Å². The topological polar surface area (TPSA) is 214 Å². The lowest BCUT2D eigenvalue weighted by Gasteiger charge is -2.39. The van der Waals surface area contributed by atoms with Crippen molar-refractivity contribution in [3.8, 4) is 17.2 Å². The SMILES string of the molecule is O=C(CCOC(=O)c1cc(O[C@@H]2O[C@H](CO)[C@@H](O)[C@H](O)[C@H]2O)cc2c1C(=O)CC(c1ccc(OCCC(=O)OCc3ccccc3)cc1)O2)OCc1ccccc1. The molecule has 300 valence electrons. The number of carbonyl (C=O) groups is 4. The molecule has 0 bridgehead atoms. The standard InChI is InChI=1S/C42H42O15/c43-22-34-38(47)39(48)40(49)42(57-34)55-29-19-30(41(50)52-18-16-36(46)54-24-26-9-5-2-6-10-26)37-31(44)21-32(56-33(37)20-29)27-11-13-28(14-12-27)51-17-15-35(45)53-23-25-7-3-1-4-8-25/h1-14,19-20,32,34,38-40,42-43,47-49H,15-18,21-24H2/t32?,34-,38-,39+,40-,42-/m1/s1. The summed E-state index contributed by atoms with van der Waals surface area (Å²) in [6, 6.07) is 27.5. The smallest absolute Gasteiger partial charge is 0.339 e. The highest BCUT2D eigenvalue weighted by Crippen LogP contribution is 2.40. The van der Waals surface area contributed by atoms with Gasteiger partial charge in [-0.2, -0.15) is 0 Å². The highest BCUT2D eigenvalue weighted by molar-refractivity contribution is 6.09. The average molecular weight is 787 g/mol. The lowest BCUT2D eigenvalue weighted by atomic mass is 9.92. The van der Waals surface area contributed by atoms with E-state index in [9.17, 15) is 39.6 Å². The van der Waals surface area contributed by atoms with E-state index in [1.54, 1.807) is 48.5 Å². The van der Waals surface area contributed by atoms with Crippen molar-refractivity contribution in [2.75, 3.05) is 19.8 Å². The lowest BCUT2D eigenvalue weighted by Crippen LogP contribution is -2.60. The van der Waals surface area contributed by atoms with E-state index in [0.29, 0.717) is 11.3 Å². The van der Waals surface area contributed by atoms with E-state index in [-0.39, 0.29) is 68.3 Å². The van der Waals surface area contributed by atoms with Gasteiger partial charge in [0.1, 0.15) is 67.6 Å². The molecule has 6 atom stereocenters. The number of hydrogen-bond acceptors (Lipinski definition) is 15. The summed E-state index contributed by atoms with van der Waals surface area (Å²) < 4.78 is 39.1. The summed E-state index contributed by atoms with van der Waals surface area (Å²) in [7, 11) is 0. The molecule has 2 aliphatic rings. The normalized spacial score (nSPS) is 21.4. The molecule has 4 aromatic carbocycles. The molecule has 0 aromatic heterocycles. The summed E-state index contributed by atoms with van der Waals surface area (Å²) in [4.78, 5) is 51.7. The molecule has 4 aromatic rings. The number of Topliss-reactive ketones (excluding diaryl/α,β-unsaturated/α-hetero) is 1. The molecule has 0 saturated carbocycles. The first-order valence-electron chi connectivity index (χ1n) is 18.2. The molecular weight excluding hydrogens is 744 g/mol. The summed E-state index contributed by atoms with van der Waals surface area (Å²) in [5.74, 6) is -2.24. The van der Waals surface area contributed by atoms with Crippen molar-refractivity contribution in [3.63, 3.8) is 0 Å². The number of ketones is 1. The number of hydrogen-bond donors (Lipinski definition) is 4. The van der Waals surface area contributed by atoms with Gasteiger partial charge < -0.3 is 53.6 Å². The van der Waals surface area contributed by atoms with Gasteiger partial charge in [-0.15, -0.1) is 0 Å². The number of carbonyl (C=O) groups excluding carboxylic acids is 4. The molecule has 0 amide bonds. The number of rotatable bonds is 16. The van der Waals surface area contributed by atoms with Crippen LogP contribution in [-0.4, -0.2) is 94.6 Å². The van der Waals surface area contributed by atoms with Crippen molar-refractivity contribution in [1.29, 1.82) is 0 Å². The average Bonchev–Trinajstić information content (AvgIpc) is 3.23. The molecule has 1 unspecified atom stereocenters. The zero-order chi connectivity index (χ0) is 40.3. The fraction of sp³-hybridized carbons (Fsp3) is 0.333. The minimum Gasteiger partial charge on any atom is -0.493 e. The van der Waals surface area contributed by atoms with Crippen molar-refractivity contribution in [1.82, 2.24) is 0 Å². The summed E-state index contributed by atoms with van der Waals surface area (Å²) in [6.45, 7) is -0.810. The molecule has 15 nitrogen and oxygen atoms in total. The predicted octanol–water partition coefficient (Wildman–Crippen LogP) is 3.37. The van der Waals surface area contributed by atoms with Crippen molar-refractivity contribution >= 4 is 23.7 Å². The molecule has 0 radical (unpaired) electrons. The largest absolute Gasteiger partial charge is 0.493 e. The van der Waals surface area contributed by atoms with Gasteiger partial charge in [0.15, 0.2) is 5.78 Å². The van der Waals surface area contributed by atoms with E-state index in [2.05, 4.69) is 0 Å². The van der Waals surface area contributed by atoms with Gasteiger partial charge in [0.05, 0.1) is 43.6 Å². The zero-order valence-corrected chi connectivity index (χ0v) is 30.6. The predicted molar refractivity (Wildman–Crippen MR) is 197 cm³/mol. The second-order valence-electron chi connectivity index (χ2n) is 13.2. The van der Waals surface area contributed by atoms with Crippen molar-refractivity contribution < 1.29 is 72.8 Å². The van der Waals surface area contributed by atoms with Crippen LogP contribution in [0.3, 0.4) is 0 Å². The van der Waals surface area contributed by atoms with E-state index in [4.69, 9.17) is 33.2 Å². The van der Waals surface area contributed by atoms with Crippen molar-refractivity contribution in [3.05, 3.63) is 125 Å². The summed E-state index contributed by atoms with van der Waals surface area (Å²) in [5.41, 5.74) is 1.86. The Hall–Kier alpha value is -5.84. The Balaban J connectivity index is 1.13. The molecule has 6 rings (SSSR count). The van der Waals surface area contributed by atoms with Gasteiger partial charge in [-0.3, -0.25) is 14.4 Å². The fourth-order valence-electron chi connectivity index (χ4n) is 6.11. The van der Waals surface area contributed by atoms with Crippen LogP contribution in [0.1, 0.15) is 62.8 Å². The minimum atomic E-state index is -1.77. The molecule has 0 spiro atoms. The van der Waals surface area contributed by atoms with Crippen LogP contribution in [-0.2, 0) is 41.8 Å². The Morgan fingerprint density at radius 2 is 1.32 bits per heavy atom. The van der Waals surface area contributed by atoms with E-state index in [0.717, 1.165) is 11.1 Å². The second-order valence-corrected chi connectivity index (χ2v) is 13.2. The van der Waals surface area contributed by atoms with Crippen molar-refractivity contribution in [2.45, 2.75) is 69.3 Å². The molecule has 2 aliphatic heterocycles. The first-order valence-corrected chi connectivity index (χ1v) is 18.2. The van der Waals surface area contributed by atoms with E-state index < -0.39 is 67.1 Å². The van der Waals surface area contributed by atoms with E-state index in [1.165, 1.54) is 12.1 Å². The fourth-order valence-corrected chi connectivity index (χ4v) is 6.11. The number of aliphatic hydroxyl groups excluding tert-OH is 4. The molecular formula is C42H42O15. The Morgan fingerprint density at radius 3 is 1.93 bits per heavy atom. The molecule has 0 aliphatic carbocycles. The van der Waals surface area contributed by atoms with Crippen LogP contribution >= 0.6 is 0 Å². The van der Waals surface area contributed by atoms with Crippen LogP contribution in [0, 0.1) is 0 Å². The van der Waals surface area contributed by atoms with Gasteiger partial charge in [-0.25, -0.2) is 4.79 Å². The number of benzene rings is 4. The first kappa shape index (κ1) is 40.8. The highest BCUT2D eigenvalue weighted by atomic mass is 16.7. The molecule has 57 heavy (non-hydrogen) atoms. The highest BCUT2D eigenvalue weighted by Gasteiger charge is 2.45. The number of esters is 3. The van der Waals surface area contributed by atoms with Gasteiger partial charge in [0.2, 0.25) is 6.29 Å². The molecule has 2 heterocycles. The van der Waals surface area contributed by atoms with E-state index >= 15 is 0 Å². The Bertz CT molecular complexity index is 1980. The Kier molecular flexibility index (Phi) is 13.9.